The van der Waals surface area contributed by atoms with Gasteiger partial charge in [0.15, 0.2) is 6.04 Å². The molecule has 2 aliphatic heterocycles. The Kier molecular flexibility index (Phi) is 7.03. The molecule has 1 amide bonds. The van der Waals surface area contributed by atoms with E-state index in [9.17, 15) is 9.59 Å². The Morgan fingerprint density at radius 1 is 1.24 bits per heavy atom. The molecular formula is C26H35NO7. The number of nitrogens with one attached hydrogen (secondary N) is 1. The predicted molar refractivity (Wildman–Crippen MR) is 124 cm³/mol. The maximum Gasteiger partial charge on any atom is 0.408 e. The lowest BCUT2D eigenvalue weighted by Crippen LogP contribution is -2.56. The standard InChI is InChI=1S/C26H35NO7/c1-16(2)11-12-19-25(3,34-19)22-21(30-4)18(13-14-26(22)15-32-26)33-24(29)27-20(23(28)31-5)17-9-7-6-8-10-17/h6-11,18-22H,12-15H2,1-5H3,(H,27,29)/t18-,19-,20?,21-,22-,25+,26+/m1/s1. The monoisotopic (exact) mass is 473 g/mol. The summed E-state index contributed by atoms with van der Waals surface area (Å²) in [4.78, 5) is 25.2. The highest BCUT2D eigenvalue weighted by Crippen LogP contribution is 2.59. The Balaban J connectivity index is 1.47. The van der Waals surface area contributed by atoms with Crippen LogP contribution in [-0.2, 0) is 28.5 Å². The van der Waals surface area contributed by atoms with E-state index in [-0.39, 0.29) is 17.6 Å². The van der Waals surface area contributed by atoms with Gasteiger partial charge in [0.05, 0.1) is 25.7 Å². The minimum absolute atomic E-state index is 0.0699. The SMILES string of the molecule is COC(=O)C(NC(=O)O[C@@H]1CC[C@]2(CO2)[C@@H]([C@@]2(C)O[C@@H]2CC=C(C)C)[C@@H]1OC)c1ccccc1. The van der Waals surface area contributed by atoms with Crippen molar-refractivity contribution in [1.82, 2.24) is 5.32 Å². The first-order valence-electron chi connectivity index (χ1n) is 11.8. The molecule has 3 fully saturated rings. The molecule has 1 aliphatic carbocycles. The van der Waals surface area contributed by atoms with Gasteiger partial charge >= 0.3 is 12.1 Å². The second-order valence-corrected chi connectivity index (χ2v) is 9.83. The average Bonchev–Trinajstić information content (AvgIpc) is 3.74. The molecule has 3 aliphatic rings. The Bertz CT molecular complexity index is 924. The number of amides is 1. The van der Waals surface area contributed by atoms with E-state index in [0.29, 0.717) is 18.6 Å². The fourth-order valence-electron chi connectivity index (χ4n) is 5.40. The normalized spacial score (nSPS) is 34.6. The second-order valence-electron chi connectivity index (χ2n) is 9.83. The quantitative estimate of drug-likeness (QED) is 0.349. The van der Waals surface area contributed by atoms with Gasteiger partial charge in [0.2, 0.25) is 0 Å². The van der Waals surface area contributed by atoms with Crippen LogP contribution in [0, 0.1) is 5.92 Å². The summed E-state index contributed by atoms with van der Waals surface area (Å²) in [7, 11) is 2.92. The van der Waals surface area contributed by atoms with E-state index < -0.39 is 35.9 Å². The molecule has 1 N–H and O–H groups in total. The first-order valence-corrected chi connectivity index (χ1v) is 11.8. The molecule has 2 heterocycles. The van der Waals surface area contributed by atoms with Gasteiger partial charge in [0.25, 0.3) is 0 Å². The van der Waals surface area contributed by atoms with Crippen LogP contribution in [-0.4, -0.2) is 62.4 Å². The molecule has 1 aromatic rings. The lowest BCUT2D eigenvalue weighted by molar-refractivity contribution is -0.143. The van der Waals surface area contributed by atoms with Crippen molar-refractivity contribution < 1.29 is 33.3 Å². The number of carbonyl (C=O) groups is 2. The number of alkyl carbamates (subject to hydrolysis) is 1. The van der Waals surface area contributed by atoms with Gasteiger partial charge in [-0.15, -0.1) is 0 Å². The van der Waals surface area contributed by atoms with E-state index in [4.69, 9.17) is 23.7 Å². The summed E-state index contributed by atoms with van der Waals surface area (Å²) in [6.45, 7) is 6.90. The molecule has 1 saturated carbocycles. The van der Waals surface area contributed by atoms with Crippen molar-refractivity contribution in [3.8, 4) is 0 Å². The van der Waals surface area contributed by atoms with E-state index >= 15 is 0 Å². The van der Waals surface area contributed by atoms with Crippen LogP contribution in [0.3, 0.4) is 0 Å². The third-order valence-electron chi connectivity index (χ3n) is 7.33. The van der Waals surface area contributed by atoms with Gasteiger partial charge in [-0.1, -0.05) is 42.0 Å². The third kappa shape index (κ3) is 4.85. The van der Waals surface area contributed by atoms with Crippen LogP contribution < -0.4 is 5.32 Å². The molecule has 4 rings (SSSR count). The summed E-state index contributed by atoms with van der Waals surface area (Å²) in [6, 6.07) is 7.97. The summed E-state index contributed by atoms with van der Waals surface area (Å²) in [6.07, 6.45) is 2.85. The van der Waals surface area contributed by atoms with Crippen LogP contribution in [0.5, 0.6) is 0 Å². The Labute approximate surface area is 200 Å². The fourth-order valence-corrected chi connectivity index (χ4v) is 5.40. The summed E-state index contributed by atoms with van der Waals surface area (Å²) in [5.41, 5.74) is 1.14. The van der Waals surface area contributed by atoms with Gasteiger partial charge in [-0.05, 0) is 45.6 Å². The number of carbonyl (C=O) groups excluding carboxylic acids is 2. The summed E-state index contributed by atoms with van der Waals surface area (Å²) >= 11 is 0. The van der Waals surface area contributed by atoms with Crippen molar-refractivity contribution in [1.29, 1.82) is 0 Å². The van der Waals surface area contributed by atoms with E-state index in [1.165, 1.54) is 12.7 Å². The Morgan fingerprint density at radius 3 is 2.53 bits per heavy atom. The van der Waals surface area contributed by atoms with E-state index in [1.807, 2.05) is 6.07 Å². The number of esters is 1. The summed E-state index contributed by atoms with van der Waals surface area (Å²) < 4.78 is 28.8. The molecule has 0 aromatic heterocycles. The minimum atomic E-state index is -0.963. The molecule has 2 saturated heterocycles. The van der Waals surface area contributed by atoms with Gasteiger partial charge in [0.1, 0.15) is 23.4 Å². The van der Waals surface area contributed by atoms with E-state index in [2.05, 4.69) is 32.2 Å². The highest BCUT2D eigenvalue weighted by atomic mass is 16.6. The van der Waals surface area contributed by atoms with Crippen LogP contribution in [0.25, 0.3) is 0 Å². The summed E-state index contributed by atoms with van der Waals surface area (Å²) in [5, 5.41) is 2.66. The topological polar surface area (TPSA) is 98.9 Å². The molecule has 186 valence electrons. The number of epoxide rings is 2. The fraction of sp³-hybridized carbons (Fsp3) is 0.615. The highest BCUT2D eigenvalue weighted by molar-refractivity contribution is 5.82. The minimum Gasteiger partial charge on any atom is -0.467 e. The molecule has 7 atom stereocenters. The number of hydrogen-bond acceptors (Lipinski definition) is 7. The van der Waals surface area contributed by atoms with Crippen molar-refractivity contribution in [2.24, 2.45) is 5.92 Å². The van der Waals surface area contributed by atoms with Crippen LogP contribution in [0.15, 0.2) is 42.0 Å². The number of benzene rings is 1. The lowest BCUT2D eigenvalue weighted by atomic mass is 9.68. The van der Waals surface area contributed by atoms with Gasteiger partial charge in [0, 0.05) is 7.11 Å². The van der Waals surface area contributed by atoms with Crippen molar-refractivity contribution in [3.05, 3.63) is 47.5 Å². The number of ether oxygens (including phenoxy) is 5. The molecule has 1 unspecified atom stereocenters. The average molecular weight is 474 g/mol. The first kappa shape index (κ1) is 24.7. The van der Waals surface area contributed by atoms with Crippen molar-refractivity contribution in [3.63, 3.8) is 0 Å². The number of allylic oxidation sites excluding steroid dienone is 1. The largest absolute Gasteiger partial charge is 0.467 e. The molecule has 0 radical (unpaired) electrons. The van der Waals surface area contributed by atoms with Crippen LogP contribution in [0.2, 0.25) is 0 Å². The molecular weight excluding hydrogens is 438 g/mol. The van der Waals surface area contributed by atoms with Gasteiger partial charge in [-0.3, -0.25) is 0 Å². The maximum absolute atomic E-state index is 12.9. The predicted octanol–water partition coefficient (Wildman–Crippen LogP) is 3.70. The zero-order valence-corrected chi connectivity index (χ0v) is 20.5. The molecule has 8 nitrogen and oxygen atoms in total. The van der Waals surface area contributed by atoms with E-state index in [1.54, 1.807) is 31.4 Å². The van der Waals surface area contributed by atoms with Gasteiger partial charge in [-0.25, -0.2) is 9.59 Å². The maximum atomic E-state index is 12.9. The number of rotatable bonds is 8. The molecule has 0 bridgehead atoms. The van der Waals surface area contributed by atoms with Gasteiger partial charge < -0.3 is 29.0 Å². The van der Waals surface area contributed by atoms with E-state index in [0.717, 1.165) is 12.8 Å². The van der Waals surface area contributed by atoms with Crippen LogP contribution in [0.4, 0.5) is 4.79 Å². The molecule has 1 spiro atoms. The molecule has 8 heteroatoms. The smallest absolute Gasteiger partial charge is 0.408 e. The lowest BCUT2D eigenvalue weighted by Gasteiger charge is -2.42. The zero-order chi connectivity index (χ0) is 24.5. The molecule has 1 aromatic carbocycles. The van der Waals surface area contributed by atoms with Crippen molar-refractivity contribution in [2.75, 3.05) is 20.8 Å². The van der Waals surface area contributed by atoms with Crippen LogP contribution in [0.1, 0.15) is 51.6 Å². The van der Waals surface area contributed by atoms with Crippen molar-refractivity contribution >= 4 is 12.1 Å². The van der Waals surface area contributed by atoms with Crippen molar-refractivity contribution in [2.45, 2.75) is 75.6 Å². The van der Waals surface area contributed by atoms with Crippen LogP contribution >= 0.6 is 0 Å². The highest BCUT2D eigenvalue weighted by Gasteiger charge is 2.72. The Hall–Kier alpha value is -2.42. The first-order chi connectivity index (χ1) is 16.2. The number of hydrogen-bond donors (Lipinski definition) is 1. The molecule has 34 heavy (non-hydrogen) atoms. The summed E-state index contributed by atoms with van der Waals surface area (Å²) in [5.74, 6) is -0.642. The zero-order valence-electron chi connectivity index (χ0n) is 20.5. The number of methoxy groups -OCH3 is 2. The second kappa shape index (κ2) is 9.68. The van der Waals surface area contributed by atoms with Gasteiger partial charge in [-0.2, -0.15) is 0 Å². The third-order valence-corrected chi connectivity index (χ3v) is 7.33. The Morgan fingerprint density at radius 2 is 1.94 bits per heavy atom.